The second kappa shape index (κ2) is 6.22. The van der Waals surface area contributed by atoms with Crippen molar-refractivity contribution in [3.8, 4) is 0 Å². The summed E-state index contributed by atoms with van der Waals surface area (Å²) in [5.41, 5.74) is 10.6. The van der Waals surface area contributed by atoms with Gasteiger partial charge in [-0.3, -0.25) is 4.98 Å². The van der Waals surface area contributed by atoms with Crippen LogP contribution < -0.4 is 0 Å². The van der Waals surface area contributed by atoms with Gasteiger partial charge in [-0.1, -0.05) is 17.7 Å². The summed E-state index contributed by atoms with van der Waals surface area (Å²) in [4.78, 5) is 7.18. The van der Waals surface area contributed by atoms with E-state index in [9.17, 15) is 0 Å². The van der Waals surface area contributed by atoms with Crippen molar-refractivity contribution in [1.29, 1.82) is 0 Å². The molecule has 5 rings (SSSR count). The molecule has 1 aromatic carbocycles. The zero-order valence-corrected chi connectivity index (χ0v) is 16.9. The molecule has 0 radical (unpaired) electrons. The lowest BCUT2D eigenvalue weighted by molar-refractivity contribution is 0.307. The van der Waals surface area contributed by atoms with Gasteiger partial charge in [0.2, 0.25) is 0 Å². The van der Waals surface area contributed by atoms with Crippen LogP contribution in [0.5, 0.6) is 0 Å². The minimum absolute atomic E-state index is 0.817. The Morgan fingerprint density at radius 1 is 1.11 bits per heavy atom. The van der Waals surface area contributed by atoms with Crippen LogP contribution in [0.2, 0.25) is 5.02 Å². The lowest BCUT2D eigenvalue weighted by atomic mass is 10.0. The first-order valence-electron chi connectivity index (χ1n) is 9.70. The molecule has 0 amide bonds. The number of fused-ring (bicyclic) bond motifs is 4. The van der Waals surface area contributed by atoms with E-state index in [2.05, 4.69) is 54.6 Å². The molecule has 1 aliphatic carbocycles. The van der Waals surface area contributed by atoms with Gasteiger partial charge in [0.1, 0.15) is 0 Å². The third-order valence-electron chi connectivity index (χ3n) is 6.13. The van der Waals surface area contributed by atoms with Crippen LogP contribution in [0.15, 0.2) is 30.3 Å². The summed E-state index contributed by atoms with van der Waals surface area (Å²) in [5.74, 6) is 0. The number of pyridine rings is 1. The van der Waals surface area contributed by atoms with Gasteiger partial charge in [-0.25, -0.2) is 0 Å². The van der Waals surface area contributed by atoms with E-state index in [1.54, 1.807) is 0 Å². The first kappa shape index (κ1) is 17.0. The maximum absolute atomic E-state index is 6.35. The van der Waals surface area contributed by atoms with Gasteiger partial charge in [-0.15, -0.1) is 0 Å². The number of nitrogens with zero attached hydrogens (tertiary/aromatic N) is 3. The summed E-state index contributed by atoms with van der Waals surface area (Å²) in [6.07, 6.45) is 3.18. The third-order valence-corrected chi connectivity index (χ3v) is 6.36. The fourth-order valence-corrected chi connectivity index (χ4v) is 4.98. The zero-order valence-electron chi connectivity index (χ0n) is 16.1. The van der Waals surface area contributed by atoms with Gasteiger partial charge in [0.25, 0.3) is 0 Å². The number of benzene rings is 1. The van der Waals surface area contributed by atoms with Gasteiger partial charge >= 0.3 is 0 Å². The molecule has 3 heterocycles. The Labute approximate surface area is 165 Å². The van der Waals surface area contributed by atoms with E-state index in [0.29, 0.717) is 0 Å². The van der Waals surface area contributed by atoms with E-state index >= 15 is 0 Å². The first-order chi connectivity index (χ1) is 13.0. The second-order valence-electron chi connectivity index (χ2n) is 7.92. The van der Waals surface area contributed by atoms with Crippen molar-refractivity contribution in [2.24, 2.45) is 0 Å². The zero-order chi connectivity index (χ0) is 18.7. The highest BCUT2D eigenvalue weighted by Crippen LogP contribution is 2.40. The van der Waals surface area contributed by atoms with Crippen molar-refractivity contribution in [3.05, 3.63) is 63.6 Å². The molecule has 0 N–H and O–H groups in total. The summed E-state index contributed by atoms with van der Waals surface area (Å²) >= 11 is 6.35. The van der Waals surface area contributed by atoms with E-state index in [1.165, 1.54) is 44.7 Å². The topological polar surface area (TPSA) is 21.1 Å². The molecule has 27 heavy (non-hydrogen) atoms. The monoisotopic (exact) mass is 377 g/mol. The third kappa shape index (κ3) is 2.64. The van der Waals surface area contributed by atoms with E-state index < -0.39 is 0 Å². The van der Waals surface area contributed by atoms with Crippen LogP contribution in [-0.2, 0) is 19.4 Å². The standard InChI is InChI=1S/C23H24ClN3/c1-14-4-6-18-17(7-8-21(18)25-14)15(2)27-22-9-5-16(24)12-20(22)19-10-11-26(3)13-23(19)27/h4-6,9,12H,7-8,10-11,13H2,1-3H3/b17-15+. The minimum atomic E-state index is 0.817. The van der Waals surface area contributed by atoms with Crippen molar-refractivity contribution < 1.29 is 0 Å². The lowest BCUT2D eigenvalue weighted by Gasteiger charge is -2.25. The van der Waals surface area contributed by atoms with Gasteiger partial charge in [0.15, 0.2) is 0 Å². The van der Waals surface area contributed by atoms with E-state index in [1.807, 2.05) is 6.07 Å². The summed E-state index contributed by atoms with van der Waals surface area (Å²) in [6, 6.07) is 10.7. The number of halogens is 1. The average molecular weight is 378 g/mol. The molecular weight excluding hydrogens is 354 g/mol. The fourth-order valence-electron chi connectivity index (χ4n) is 4.81. The maximum atomic E-state index is 6.35. The molecule has 3 nitrogen and oxygen atoms in total. The van der Waals surface area contributed by atoms with Gasteiger partial charge < -0.3 is 9.47 Å². The molecule has 4 heteroatoms. The highest BCUT2D eigenvalue weighted by atomic mass is 35.5. The van der Waals surface area contributed by atoms with E-state index in [-0.39, 0.29) is 0 Å². The maximum Gasteiger partial charge on any atom is 0.0532 e. The van der Waals surface area contributed by atoms with Crippen LogP contribution in [0.1, 0.15) is 41.6 Å². The smallest absolute Gasteiger partial charge is 0.0532 e. The highest BCUT2D eigenvalue weighted by Gasteiger charge is 2.26. The summed E-state index contributed by atoms with van der Waals surface area (Å²) in [5, 5.41) is 2.13. The molecule has 1 aliphatic heterocycles. The minimum Gasteiger partial charge on any atom is -0.316 e. The SMILES string of the molecule is C/C(=C1/CCc2nc(C)ccc21)n1c2c(c3cc(Cl)ccc31)CCN(C)C2. The molecule has 2 aliphatic rings. The molecule has 138 valence electrons. The van der Waals surface area contributed by atoms with Crippen LogP contribution >= 0.6 is 11.6 Å². The quantitative estimate of drug-likeness (QED) is 0.572. The summed E-state index contributed by atoms with van der Waals surface area (Å²) in [7, 11) is 2.21. The second-order valence-corrected chi connectivity index (χ2v) is 8.36. The number of hydrogen-bond donors (Lipinski definition) is 0. The highest BCUT2D eigenvalue weighted by molar-refractivity contribution is 6.31. The Balaban J connectivity index is 1.78. The number of aromatic nitrogens is 2. The van der Waals surface area contributed by atoms with Crippen LogP contribution in [-0.4, -0.2) is 28.0 Å². The molecule has 0 saturated heterocycles. The Hall–Kier alpha value is -2.10. The van der Waals surface area contributed by atoms with E-state index in [0.717, 1.165) is 43.1 Å². The largest absolute Gasteiger partial charge is 0.316 e. The molecule has 0 fully saturated rings. The molecule has 3 aromatic rings. The molecule has 0 saturated carbocycles. The van der Waals surface area contributed by atoms with Crippen molar-refractivity contribution >= 4 is 33.8 Å². The Morgan fingerprint density at radius 2 is 1.96 bits per heavy atom. The molecular formula is C23H24ClN3. The van der Waals surface area contributed by atoms with Crippen molar-refractivity contribution in [3.63, 3.8) is 0 Å². The Morgan fingerprint density at radius 3 is 2.81 bits per heavy atom. The molecule has 2 aromatic heterocycles. The van der Waals surface area contributed by atoms with Crippen molar-refractivity contribution in [1.82, 2.24) is 14.5 Å². The predicted octanol–water partition coefficient (Wildman–Crippen LogP) is 5.32. The molecule has 0 unspecified atom stereocenters. The molecule has 0 spiro atoms. The number of likely N-dealkylation sites (N-methyl/N-ethyl adjacent to an activating group) is 1. The normalized spacial score (nSPS) is 18.7. The predicted molar refractivity (Wildman–Crippen MR) is 113 cm³/mol. The van der Waals surface area contributed by atoms with Crippen molar-refractivity contribution in [2.75, 3.05) is 13.6 Å². The lowest BCUT2D eigenvalue weighted by Crippen LogP contribution is -2.27. The van der Waals surface area contributed by atoms with Gasteiger partial charge in [0.05, 0.1) is 5.52 Å². The molecule has 0 bridgehead atoms. The van der Waals surface area contributed by atoms with E-state index in [4.69, 9.17) is 16.6 Å². The number of aryl methyl sites for hydroxylation is 2. The van der Waals surface area contributed by atoms with Crippen LogP contribution in [0.3, 0.4) is 0 Å². The summed E-state index contributed by atoms with van der Waals surface area (Å²) in [6.45, 7) is 6.42. The van der Waals surface area contributed by atoms with Gasteiger partial charge in [0, 0.05) is 51.8 Å². The average Bonchev–Trinajstić information content (AvgIpc) is 3.19. The van der Waals surface area contributed by atoms with Gasteiger partial charge in [-0.05, 0) is 75.6 Å². The summed E-state index contributed by atoms with van der Waals surface area (Å²) < 4.78 is 2.49. The van der Waals surface area contributed by atoms with Crippen LogP contribution in [0, 0.1) is 6.92 Å². The Bertz CT molecular complexity index is 1110. The Kier molecular flexibility index (Phi) is 3.92. The van der Waals surface area contributed by atoms with Crippen LogP contribution in [0.25, 0.3) is 22.2 Å². The fraction of sp³-hybridized carbons (Fsp3) is 0.348. The number of rotatable bonds is 1. The number of hydrogen-bond acceptors (Lipinski definition) is 2. The number of allylic oxidation sites excluding steroid dienone is 2. The van der Waals surface area contributed by atoms with Gasteiger partial charge in [-0.2, -0.15) is 0 Å². The van der Waals surface area contributed by atoms with Crippen molar-refractivity contribution in [2.45, 2.75) is 39.7 Å². The molecule has 0 atom stereocenters. The van der Waals surface area contributed by atoms with Crippen LogP contribution in [0.4, 0.5) is 0 Å². The first-order valence-corrected chi connectivity index (χ1v) is 10.1.